The van der Waals surface area contributed by atoms with E-state index >= 15 is 0 Å². The van der Waals surface area contributed by atoms with Crippen LogP contribution in [0, 0.1) is 11.2 Å². The fraction of sp³-hybridized carbons (Fsp3) is 0.450. The third kappa shape index (κ3) is 4.38. The molecule has 0 radical (unpaired) electrons. The molecule has 3 rings (SSSR count). The zero-order valence-corrected chi connectivity index (χ0v) is 17.6. The molecule has 0 bridgehead atoms. The first-order valence-electron chi connectivity index (χ1n) is 9.18. The van der Waals surface area contributed by atoms with Crippen LogP contribution in [-0.4, -0.2) is 47.7 Å². The molecule has 0 spiro atoms. The number of halogens is 1. The lowest BCUT2D eigenvalue weighted by molar-refractivity contribution is -0.158. The number of thioether (sulfide) groups is 1. The van der Waals surface area contributed by atoms with Crippen molar-refractivity contribution in [2.24, 2.45) is 5.41 Å². The Kier molecular flexibility index (Phi) is 6.72. The van der Waals surface area contributed by atoms with Gasteiger partial charge in [0.25, 0.3) is 5.91 Å². The van der Waals surface area contributed by atoms with Gasteiger partial charge >= 0.3 is 5.97 Å². The number of hydrogen-bond acceptors (Lipinski definition) is 6. The Hall–Kier alpha value is -1.93. The third-order valence-electron chi connectivity index (χ3n) is 4.94. The monoisotopic (exact) mass is 422 g/mol. The van der Waals surface area contributed by atoms with Gasteiger partial charge in [-0.15, -0.1) is 11.3 Å². The number of carbonyl (C=O) groups is 2. The SMILES string of the molecule is CCOC(=O)[C@]1(Cc2ccccc2F)CCCN(C(=O)c2csc(SC)n2)C1. The Labute approximate surface area is 172 Å². The second kappa shape index (κ2) is 9.05. The van der Waals surface area contributed by atoms with Gasteiger partial charge in [-0.1, -0.05) is 30.0 Å². The van der Waals surface area contributed by atoms with Crippen molar-refractivity contribution in [1.82, 2.24) is 9.88 Å². The first-order chi connectivity index (χ1) is 13.5. The van der Waals surface area contributed by atoms with E-state index in [1.54, 1.807) is 35.4 Å². The minimum Gasteiger partial charge on any atom is -0.466 e. The Bertz CT molecular complexity index is 857. The summed E-state index contributed by atoms with van der Waals surface area (Å²) in [5, 5.41) is 1.74. The number of rotatable bonds is 6. The maximum atomic E-state index is 14.3. The summed E-state index contributed by atoms with van der Waals surface area (Å²) in [4.78, 5) is 31.8. The number of nitrogens with zero attached hydrogens (tertiary/aromatic N) is 2. The molecule has 1 aromatic carbocycles. The van der Waals surface area contributed by atoms with Crippen LogP contribution in [0.4, 0.5) is 4.39 Å². The zero-order valence-electron chi connectivity index (χ0n) is 15.9. The van der Waals surface area contributed by atoms with E-state index in [1.165, 1.54) is 29.2 Å². The summed E-state index contributed by atoms with van der Waals surface area (Å²) in [6, 6.07) is 6.45. The van der Waals surface area contributed by atoms with Gasteiger partial charge in [-0.25, -0.2) is 9.37 Å². The second-order valence-corrected chi connectivity index (χ2v) is 8.71. The lowest BCUT2D eigenvalue weighted by Crippen LogP contribution is -2.51. The van der Waals surface area contributed by atoms with Crippen molar-refractivity contribution in [3.63, 3.8) is 0 Å². The van der Waals surface area contributed by atoms with E-state index in [2.05, 4.69) is 4.98 Å². The molecule has 1 atom stereocenters. The number of carbonyl (C=O) groups excluding carboxylic acids is 2. The molecule has 1 saturated heterocycles. The van der Waals surface area contributed by atoms with Crippen LogP contribution in [-0.2, 0) is 16.0 Å². The molecule has 0 saturated carbocycles. The molecule has 0 N–H and O–H groups in total. The van der Waals surface area contributed by atoms with Gasteiger partial charge in [-0.2, -0.15) is 0 Å². The van der Waals surface area contributed by atoms with Crippen LogP contribution in [0.2, 0.25) is 0 Å². The van der Waals surface area contributed by atoms with Crippen LogP contribution in [0.15, 0.2) is 34.0 Å². The molecular formula is C20H23FN2O3S2. The predicted octanol–water partition coefficient (Wildman–Crippen LogP) is 4.03. The van der Waals surface area contributed by atoms with Gasteiger partial charge < -0.3 is 9.64 Å². The van der Waals surface area contributed by atoms with Gasteiger partial charge in [0.2, 0.25) is 0 Å². The van der Waals surface area contributed by atoms with Crippen LogP contribution in [0.3, 0.4) is 0 Å². The Morgan fingerprint density at radius 3 is 2.86 bits per heavy atom. The maximum Gasteiger partial charge on any atom is 0.314 e. The quantitative estimate of drug-likeness (QED) is 0.520. The highest BCUT2D eigenvalue weighted by Gasteiger charge is 2.45. The highest BCUT2D eigenvalue weighted by molar-refractivity contribution is 8.00. The molecule has 1 aliphatic heterocycles. The van der Waals surface area contributed by atoms with Gasteiger partial charge in [0.05, 0.1) is 12.0 Å². The van der Waals surface area contributed by atoms with Crippen molar-refractivity contribution < 1.29 is 18.7 Å². The van der Waals surface area contributed by atoms with Gasteiger partial charge in [0.1, 0.15) is 15.9 Å². The van der Waals surface area contributed by atoms with Crippen LogP contribution in [0.5, 0.6) is 0 Å². The van der Waals surface area contributed by atoms with Crippen molar-refractivity contribution in [1.29, 1.82) is 0 Å². The minimum absolute atomic E-state index is 0.196. The summed E-state index contributed by atoms with van der Waals surface area (Å²) in [5.74, 6) is -0.920. The number of hydrogen-bond donors (Lipinski definition) is 0. The van der Waals surface area contributed by atoms with E-state index in [0.717, 1.165) is 4.34 Å². The average Bonchev–Trinajstić information content (AvgIpc) is 3.19. The van der Waals surface area contributed by atoms with Gasteiger partial charge in [-0.05, 0) is 44.1 Å². The average molecular weight is 423 g/mol. The molecule has 150 valence electrons. The molecule has 0 unspecified atom stereocenters. The Morgan fingerprint density at radius 1 is 1.39 bits per heavy atom. The number of ether oxygens (including phenoxy) is 1. The van der Waals surface area contributed by atoms with E-state index in [1.807, 2.05) is 6.26 Å². The molecule has 8 heteroatoms. The number of likely N-dealkylation sites (tertiary alicyclic amines) is 1. The van der Waals surface area contributed by atoms with Crippen molar-refractivity contribution >= 4 is 35.0 Å². The van der Waals surface area contributed by atoms with Gasteiger partial charge in [-0.3, -0.25) is 9.59 Å². The van der Waals surface area contributed by atoms with Crippen molar-refractivity contribution in [3.05, 3.63) is 46.7 Å². The highest BCUT2D eigenvalue weighted by atomic mass is 32.2. The molecular weight excluding hydrogens is 399 g/mol. The third-order valence-corrected chi connectivity index (χ3v) is 6.80. The number of benzene rings is 1. The highest BCUT2D eigenvalue weighted by Crippen LogP contribution is 2.36. The smallest absolute Gasteiger partial charge is 0.314 e. The molecule has 1 fully saturated rings. The fourth-order valence-corrected chi connectivity index (χ4v) is 4.83. The lowest BCUT2D eigenvalue weighted by Gasteiger charge is -2.41. The first kappa shape index (κ1) is 20.8. The summed E-state index contributed by atoms with van der Waals surface area (Å²) >= 11 is 2.91. The summed E-state index contributed by atoms with van der Waals surface area (Å²) in [6.07, 6.45) is 3.32. The maximum absolute atomic E-state index is 14.3. The molecule has 1 amide bonds. The van der Waals surface area contributed by atoms with Gasteiger partial charge in [0, 0.05) is 18.5 Å². The van der Waals surface area contributed by atoms with E-state index in [9.17, 15) is 14.0 Å². The molecule has 5 nitrogen and oxygen atoms in total. The van der Waals surface area contributed by atoms with Crippen molar-refractivity contribution in [2.75, 3.05) is 26.0 Å². The molecule has 2 heterocycles. The van der Waals surface area contributed by atoms with E-state index < -0.39 is 5.41 Å². The largest absolute Gasteiger partial charge is 0.466 e. The number of thiazole rings is 1. The lowest BCUT2D eigenvalue weighted by atomic mass is 9.75. The molecule has 1 aliphatic rings. The summed E-state index contributed by atoms with van der Waals surface area (Å²) < 4.78 is 20.4. The zero-order chi connectivity index (χ0) is 20.1. The first-order valence-corrected chi connectivity index (χ1v) is 11.3. The minimum atomic E-state index is -0.954. The summed E-state index contributed by atoms with van der Waals surface area (Å²) in [5.41, 5.74) is -0.104. The number of esters is 1. The van der Waals surface area contributed by atoms with Crippen LogP contribution >= 0.6 is 23.1 Å². The standard InChI is InChI=1S/C20H23FN2O3S2/c1-3-26-18(25)20(11-14-7-4-5-8-15(14)21)9-6-10-23(13-20)17(24)16-12-28-19(22-16)27-2/h4-5,7-8,12H,3,6,9-11,13H2,1-2H3/t20-/m0/s1. The van der Waals surface area contributed by atoms with Crippen LogP contribution in [0.1, 0.15) is 35.8 Å². The summed E-state index contributed by atoms with van der Waals surface area (Å²) in [7, 11) is 0. The normalized spacial score (nSPS) is 19.5. The van der Waals surface area contributed by atoms with Crippen LogP contribution in [0.25, 0.3) is 0 Å². The van der Waals surface area contributed by atoms with Crippen molar-refractivity contribution in [2.45, 2.75) is 30.5 Å². The number of aromatic nitrogens is 1. The fourth-order valence-electron chi connectivity index (χ4n) is 3.59. The predicted molar refractivity (Wildman–Crippen MR) is 108 cm³/mol. The Balaban J connectivity index is 1.87. The van der Waals surface area contributed by atoms with Gasteiger partial charge in [0.15, 0.2) is 0 Å². The molecule has 28 heavy (non-hydrogen) atoms. The van der Waals surface area contributed by atoms with E-state index in [4.69, 9.17) is 4.74 Å². The summed E-state index contributed by atoms with van der Waals surface area (Å²) in [6.45, 7) is 2.74. The van der Waals surface area contributed by atoms with Crippen molar-refractivity contribution in [3.8, 4) is 0 Å². The van der Waals surface area contributed by atoms with Crippen LogP contribution < -0.4 is 0 Å². The molecule has 2 aromatic rings. The topological polar surface area (TPSA) is 59.5 Å². The van der Waals surface area contributed by atoms with E-state index in [-0.39, 0.29) is 37.3 Å². The molecule has 1 aromatic heterocycles. The number of piperidine rings is 1. The number of amides is 1. The second-order valence-electron chi connectivity index (χ2n) is 6.80. The molecule has 0 aliphatic carbocycles. The van der Waals surface area contributed by atoms with E-state index in [0.29, 0.717) is 30.6 Å². The Morgan fingerprint density at radius 2 is 2.18 bits per heavy atom.